The average molecular weight is 342 g/mol. The molecule has 2 N–H and O–H groups in total. The van der Waals surface area contributed by atoms with Crippen LogP contribution in [0.15, 0.2) is 12.1 Å². The molecule has 0 spiro atoms. The maximum Gasteiger partial charge on any atom is 0.453 e. The summed E-state index contributed by atoms with van der Waals surface area (Å²) in [5.74, 6) is -3.48. The van der Waals surface area contributed by atoms with Crippen LogP contribution >= 0.6 is 0 Å². The molecule has 0 aliphatic carbocycles. The van der Waals surface area contributed by atoms with E-state index in [0.717, 1.165) is 12.1 Å². The first-order chi connectivity index (χ1) is 10.4. The molecule has 1 aromatic carbocycles. The van der Waals surface area contributed by atoms with Gasteiger partial charge in [0.25, 0.3) is 5.82 Å². The summed E-state index contributed by atoms with van der Waals surface area (Å²) in [5.41, 5.74) is 4.30. The molecule has 0 aliphatic rings. The fourth-order valence-electron chi connectivity index (χ4n) is 1.89. The highest BCUT2D eigenvalue weighted by atomic mass is 19.4. The number of aryl methyl sites for hydroxylation is 1. The number of halogens is 7. The zero-order chi connectivity index (χ0) is 17.6. The van der Waals surface area contributed by atoms with E-state index in [-0.39, 0.29) is 11.1 Å². The van der Waals surface area contributed by atoms with Gasteiger partial charge in [0.05, 0.1) is 6.42 Å². The fraction of sp³-hybridized carbons (Fsp3) is 0.333. The Morgan fingerprint density at radius 3 is 2.22 bits per heavy atom. The number of hydrogen-bond donors (Lipinski definition) is 1. The molecule has 2 rings (SSSR count). The summed E-state index contributed by atoms with van der Waals surface area (Å²) in [7, 11) is 0. The van der Waals surface area contributed by atoms with Crippen molar-refractivity contribution in [2.24, 2.45) is 0 Å². The third-order valence-corrected chi connectivity index (χ3v) is 2.91. The third kappa shape index (κ3) is 3.71. The van der Waals surface area contributed by atoms with E-state index >= 15 is 0 Å². The Balaban J connectivity index is 2.56. The zero-order valence-electron chi connectivity index (χ0n) is 11.4. The number of rotatable bonds is 2. The molecule has 11 heteroatoms. The van der Waals surface area contributed by atoms with E-state index in [0.29, 0.717) is 4.68 Å². The number of anilines is 1. The zero-order valence-corrected chi connectivity index (χ0v) is 11.4. The van der Waals surface area contributed by atoms with Gasteiger partial charge in [-0.25, -0.2) is 4.39 Å². The van der Waals surface area contributed by atoms with Crippen molar-refractivity contribution in [3.8, 4) is 5.69 Å². The van der Waals surface area contributed by atoms with Crippen LogP contribution in [0.25, 0.3) is 5.69 Å². The molecule has 0 saturated carbocycles. The van der Waals surface area contributed by atoms with Gasteiger partial charge in [0.2, 0.25) is 5.95 Å². The predicted molar refractivity (Wildman–Crippen MR) is 65.2 cm³/mol. The average Bonchev–Trinajstić information content (AvgIpc) is 2.73. The molecule has 4 nitrogen and oxygen atoms in total. The number of nitrogens with two attached hydrogens (primary N) is 1. The molecule has 0 bridgehead atoms. The van der Waals surface area contributed by atoms with Crippen LogP contribution in [0.5, 0.6) is 0 Å². The lowest BCUT2D eigenvalue weighted by molar-refractivity contribution is -0.144. The molecular weight excluding hydrogens is 333 g/mol. The molecule has 0 unspecified atom stereocenters. The van der Waals surface area contributed by atoms with Gasteiger partial charge in [-0.1, -0.05) is 0 Å². The summed E-state index contributed by atoms with van der Waals surface area (Å²) in [4.78, 5) is 2.94. The minimum absolute atomic E-state index is 0.00157. The van der Waals surface area contributed by atoms with Crippen LogP contribution in [-0.4, -0.2) is 20.9 Å². The second-order valence-electron chi connectivity index (χ2n) is 4.73. The number of benzene rings is 1. The smallest absolute Gasteiger partial charge is 0.368 e. The van der Waals surface area contributed by atoms with Crippen LogP contribution in [-0.2, 0) is 12.6 Å². The largest absolute Gasteiger partial charge is 0.453 e. The van der Waals surface area contributed by atoms with E-state index in [1.165, 1.54) is 6.92 Å². The molecule has 1 aromatic heterocycles. The predicted octanol–water partition coefficient (Wildman–Crippen LogP) is 3.42. The second kappa shape index (κ2) is 5.39. The number of nitrogens with zero attached hydrogens (tertiary/aromatic N) is 3. The van der Waals surface area contributed by atoms with Gasteiger partial charge in [0, 0.05) is 0 Å². The first-order valence-corrected chi connectivity index (χ1v) is 6.04. The third-order valence-electron chi connectivity index (χ3n) is 2.91. The van der Waals surface area contributed by atoms with E-state index in [1.54, 1.807) is 0 Å². The normalized spacial score (nSPS) is 12.7. The lowest BCUT2D eigenvalue weighted by Crippen LogP contribution is -2.14. The SMILES string of the molecule is Cc1cc(F)c(-n2nc(C(F)(F)F)nc2N)cc1CC(F)(F)F. The van der Waals surface area contributed by atoms with Crippen LogP contribution in [0.2, 0.25) is 0 Å². The Kier molecular flexibility index (Phi) is 3.99. The van der Waals surface area contributed by atoms with Crippen molar-refractivity contribution in [2.75, 3.05) is 5.73 Å². The van der Waals surface area contributed by atoms with Gasteiger partial charge in [0.15, 0.2) is 0 Å². The van der Waals surface area contributed by atoms with Crippen LogP contribution in [0.3, 0.4) is 0 Å². The highest BCUT2D eigenvalue weighted by Gasteiger charge is 2.37. The highest BCUT2D eigenvalue weighted by molar-refractivity contribution is 5.45. The Morgan fingerprint density at radius 2 is 1.74 bits per heavy atom. The molecule has 126 valence electrons. The highest BCUT2D eigenvalue weighted by Crippen LogP contribution is 2.30. The number of nitrogen functional groups attached to an aromatic ring is 1. The second-order valence-corrected chi connectivity index (χ2v) is 4.73. The van der Waals surface area contributed by atoms with Crippen LogP contribution in [0.1, 0.15) is 17.0 Å². The van der Waals surface area contributed by atoms with Crippen molar-refractivity contribution in [2.45, 2.75) is 25.7 Å². The van der Waals surface area contributed by atoms with E-state index < -0.39 is 42.1 Å². The van der Waals surface area contributed by atoms with Crippen LogP contribution in [0.4, 0.5) is 36.7 Å². The summed E-state index contributed by atoms with van der Waals surface area (Å²) in [6.07, 6.45) is -10.9. The summed E-state index contributed by atoms with van der Waals surface area (Å²) in [6, 6.07) is 1.52. The maximum absolute atomic E-state index is 13.9. The molecule has 2 aromatic rings. The summed E-state index contributed by atoms with van der Waals surface area (Å²) in [6.45, 7) is 1.25. The topological polar surface area (TPSA) is 56.7 Å². The Labute approximate surface area is 124 Å². The van der Waals surface area contributed by atoms with Crippen molar-refractivity contribution in [3.63, 3.8) is 0 Å². The first-order valence-electron chi connectivity index (χ1n) is 6.04. The molecule has 23 heavy (non-hydrogen) atoms. The maximum atomic E-state index is 13.9. The lowest BCUT2D eigenvalue weighted by atomic mass is 10.0. The molecule has 0 saturated heterocycles. The summed E-state index contributed by atoms with van der Waals surface area (Å²) in [5, 5.41) is 3.01. The lowest BCUT2D eigenvalue weighted by Gasteiger charge is -2.12. The standard InChI is InChI=1S/C12H9F7N4/c1-5-2-7(13)8(3-6(5)4-11(14,15)16)23-10(20)21-9(22-23)12(17,18)19/h2-3H,4H2,1H3,(H2,20,21,22). The number of hydrogen-bond acceptors (Lipinski definition) is 3. The minimum atomic E-state index is -4.92. The Hall–Kier alpha value is -2.33. The molecule has 0 atom stereocenters. The fourth-order valence-corrected chi connectivity index (χ4v) is 1.89. The van der Waals surface area contributed by atoms with E-state index in [4.69, 9.17) is 5.73 Å². The molecule has 0 amide bonds. The van der Waals surface area contributed by atoms with Crippen molar-refractivity contribution in [1.29, 1.82) is 0 Å². The quantitative estimate of drug-likeness (QED) is 0.851. The molecule has 1 heterocycles. The first kappa shape index (κ1) is 17.0. The number of alkyl halides is 6. The van der Waals surface area contributed by atoms with Crippen molar-refractivity contribution < 1.29 is 30.7 Å². The van der Waals surface area contributed by atoms with E-state index in [1.807, 2.05) is 0 Å². The molecule has 0 aliphatic heterocycles. The number of aromatic nitrogens is 3. The Morgan fingerprint density at radius 1 is 1.13 bits per heavy atom. The molecular formula is C12H9F7N4. The van der Waals surface area contributed by atoms with Crippen LogP contribution < -0.4 is 5.73 Å². The van der Waals surface area contributed by atoms with Gasteiger partial charge in [-0.3, -0.25) is 0 Å². The van der Waals surface area contributed by atoms with Crippen molar-refractivity contribution in [1.82, 2.24) is 14.8 Å². The van der Waals surface area contributed by atoms with Crippen molar-refractivity contribution >= 4 is 5.95 Å². The van der Waals surface area contributed by atoms with Gasteiger partial charge in [0.1, 0.15) is 11.5 Å². The van der Waals surface area contributed by atoms with Gasteiger partial charge in [-0.05, 0) is 30.2 Å². The van der Waals surface area contributed by atoms with Gasteiger partial charge in [-0.2, -0.15) is 36.0 Å². The minimum Gasteiger partial charge on any atom is -0.368 e. The Bertz CT molecular complexity index is 730. The molecule has 0 radical (unpaired) electrons. The monoisotopic (exact) mass is 342 g/mol. The van der Waals surface area contributed by atoms with Gasteiger partial charge in [-0.15, -0.1) is 5.10 Å². The van der Waals surface area contributed by atoms with Crippen LogP contribution in [0, 0.1) is 12.7 Å². The van der Waals surface area contributed by atoms with E-state index in [2.05, 4.69) is 10.1 Å². The summed E-state index contributed by atoms with van der Waals surface area (Å²) >= 11 is 0. The van der Waals surface area contributed by atoms with E-state index in [9.17, 15) is 30.7 Å². The van der Waals surface area contributed by atoms with Crippen molar-refractivity contribution in [3.05, 3.63) is 34.9 Å². The molecule has 0 fully saturated rings. The van der Waals surface area contributed by atoms with Gasteiger partial charge < -0.3 is 5.73 Å². The summed E-state index contributed by atoms with van der Waals surface area (Å²) < 4.78 is 89.3. The van der Waals surface area contributed by atoms with Gasteiger partial charge >= 0.3 is 12.4 Å².